The van der Waals surface area contributed by atoms with Crippen LogP contribution in [0.2, 0.25) is 0 Å². The van der Waals surface area contributed by atoms with Gasteiger partial charge in [0, 0.05) is 10.2 Å². The number of carbonyl (C=O) groups is 1. The molecule has 17 heavy (non-hydrogen) atoms. The second-order valence-corrected chi connectivity index (χ2v) is 5.40. The van der Waals surface area contributed by atoms with E-state index in [4.69, 9.17) is 0 Å². The summed E-state index contributed by atoms with van der Waals surface area (Å²) in [5.41, 5.74) is 1.78. The molecule has 0 saturated heterocycles. The number of halogens is 1. The minimum absolute atomic E-state index is 0.121. The monoisotopic (exact) mass is 299 g/mol. The lowest BCUT2D eigenvalue weighted by atomic mass is 9.96. The van der Waals surface area contributed by atoms with Gasteiger partial charge in [0.15, 0.2) is 0 Å². The Kier molecular flexibility index (Phi) is 5.15. The third kappa shape index (κ3) is 3.82. The van der Waals surface area contributed by atoms with Gasteiger partial charge < -0.3 is 10.4 Å². The van der Waals surface area contributed by atoms with Crippen LogP contribution in [0.3, 0.4) is 0 Å². The van der Waals surface area contributed by atoms with E-state index < -0.39 is 0 Å². The molecule has 1 aromatic carbocycles. The third-order valence-electron chi connectivity index (χ3n) is 2.78. The van der Waals surface area contributed by atoms with E-state index in [0.717, 1.165) is 15.7 Å². The predicted molar refractivity (Wildman–Crippen MR) is 72.9 cm³/mol. The zero-order chi connectivity index (χ0) is 13.0. The number of hydrogen-bond donors (Lipinski definition) is 2. The number of amides is 1. The maximum absolute atomic E-state index is 11.9. The average Bonchev–Trinajstić information content (AvgIpc) is 2.22. The summed E-state index contributed by atoms with van der Waals surface area (Å²) in [7, 11) is 0. The lowest BCUT2D eigenvalue weighted by Crippen LogP contribution is -2.30. The lowest BCUT2D eigenvalue weighted by molar-refractivity contribution is -0.122. The summed E-state index contributed by atoms with van der Waals surface area (Å²) in [6, 6.07) is 5.68. The number of benzene rings is 1. The van der Waals surface area contributed by atoms with E-state index in [1.54, 1.807) is 0 Å². The van der Waals surface area contributed by atoms with Gasteiger partial charge in [-0.25, -0.2) is 0 Å². The van der Waals surface area contributed by atoms with Gasteiger partial charge >= 0.3 is 0 Å². The molecule has 2 N–H and O–H groups in total. The van der Waals surface area contributed by atoms with Crippen LogP contribution in [0.1, 0.15) is 19.4 Å². The Hall–Kier alpha value is -0.870. The second kappa shape index (κ2) is 6.17. The van der Waals surface area contributed by atoms with E-state index in [1.165, 1.54) is 0 Å². The van der Waals surface area contributed by atoms with Crippen molar-refractivity contribution in [3.63, 3.8) is 0 Å². The second-order valence-electron chi connectivity index (χ2n) is 4.48. The SMILES string of the molecule is Cc1cc(Br)ccc1NC(=O)C(CO)C(C)C. The number of rotatable bonds is 4. The number of carbonyl (C=O) groups excluding carboxylic acids is 1. The number of aliphatic hydroxyl groups is 1. The topological polar surface area (TPSA) is 49.3 Å². The van der Waals surface area contributed by atoms with Gasteiger partial charge in [0.2, 0.25) is 5.91 Å². The predicted octanol–water partition coefficient (Wildman–Crippen LogP) is 2.96. The van der Waals surface area contributed by atoms with E-state index in [-0.39, 0.29) is 24.3 Å². The van der Waals surface area contributed by atoms with E-state index in [1.807, 2.05) is 39.0 Å². The van der Waals surface area contributed by atoms with Crippen LogP contribution in [-0.2, 0) is 4.79 Å². The summed E-state index contributed by atoms with van der Waals surface area (Å²) in [6.07, 6.45) is 0. The van der Waals surface area contributed by atoms with Gasteiger partial charge in [-0.15, -0.1) is 0 Å². The first kappa shape index (κ1) is 14.2. The fourth-order valence-corrected chi connectivity index (χ4v) is 2.06. The maximum atomic E-state index is 11.9. The van der Waals surface area contributed by atoms with Crippen LogP contribution >= 0.6 is 15.9 Å². The van der Waals surface area contributed by atoms with Crippen molar-refractivity contribution in [1.29, 1.82) is 0 Å². The normalized spacial score (nSPS) is 12.6. The molecule has 94 valence electrons. The summed E-state index contributed by atoms with van der Waals surface area (Å²) < 4.78 is 0.982. The van der Waals surface area contributed by atoms with Gasteiger partial charge in [-0.1, -0.05) is 29.8 Å². The maximum Gasteiger partial charge on any atom is 0.230 e. The molecule has 3 nitrogen and oxygen atoms in total. The Labute approximate surface area is 110 Å². The van der Waals surface area contributed by atoms with Gasteiger partial charge in [-0.3, -0.25) is 4.79 Å². The molecule has 0 aliphatic rings. The Morgan fingerprint density at radius 3 is 2.59 bits per heavy atom. The molecule has 1 unspecified atom stereocenters. The van der Waals surface area contributed by atoms with Gasteiger partial charge in [0.25, 0.3) is 0 Å². The van der Waals surface area contributed by atoms with Gasteiger partial charge in [-0.05, 0) is 36.6 Å². The highest BCUT2D eigenvalue weighted by atomic mass is 79.9. The Morgan fingerprint density at radius 1 is 1.47 bits per heavy atom. The minimum Gasteiger partial charge on any atom is -0.396 e. The fourth-order valence-electron chi connectivity index (χ4n) is 1.59. The van der Waals surface area contributed by atoms with E-state index in [2.05, 4.69) is 21.2 Å². The van der Waals surface area contributed by atoms with Crippen molar-refractivity contribution in [1.82, 2.24) is 0 Å². The average molecular weight is 300 g/mol. The van der Waals surface area contributed by atoms with Gasteiger partial charge in [0.05, 0.1) is 12.5 Å². The summed E-state index contributed by atoms with van der Waals surface area (Å²) >= 11 is 3.38. The highest BCUT2D eigenvalue weighted by Gasteiger charge is 2.21. The van der Waals surface area contributed by atoms with Crippen LogP contribution in [0.4, 0.5) is 5.69 Å². The van der Waals surface area contributed by atoms with Gasteiger partial charge in [0.1, 0.15) is 0 Å². The number of anilines is 1. The molecule has 0 aliphatic heterocycles. The summed E-state index contributed by atoms with van der Waals surface area (Å²) in [5, 5.41) is 12.0. The number of hydrogen-bond acceptors (Lipinski definition) is 2. The van der Waals surface area contributed by atoms with Crippen LogP contribution < -0.4 is 5.32 Å². The summed E-state index contributed by atoms with van der Waals surface area (Å²) in [5.74, 6) is -0.373. The molecule has 1 aromatic rings. The standard InChI is InChI=1S/C13H18BrNO2/c1-8(2)11(7-16)13(17)15-12-5-4-10(14)6-9(12)3/h4-6,8,11,16H,7H2,1-3H3,(H,15,17). The fraction of sp³-hybridized carbons (Fsp3) is 0.462. The lowest BCUT2D eigenvalue weighted by Gasteiger charge is -2.18. The molecule has 1 amide bonds. The molecule has 0 bridgehead atoms. The highest BCUT2D eigenvalue weighted by Crippen LogP contribution is 2.21. The van der Waals surface area contributed by atoms with E-state index in [9.17, 15) is 9.90 Å². The quantitative estimate of drug-likeness (QED) is 0.898. The minimum atomic E-state index is -0.363. The van der Waals surface area contributed by atoms with Crippen LogP contribution in [0.5, 0.6) is 0 Å². The first-order valence-corrected chi connectivity index (χ1v) is 6.43. The first-order chi connectivity index (χ1) is 7.95. The molecule has 0 spiro atoms. The Bertz CT molecular complexity index is 404. The number of aliphatic hydroxyl groups excluding tert-OH is 1. The van der Waals surface area contributed by atoms with Crippen molar-refractivity contribution in [3.8, 4) is 0 Å². The molecule has 1 atom stereocenters. The zero-order valence-electron chi connectivity index (χ0n) is 10.3. The Balaban J connectivity index is 2.80. The van der Waals surface area contributed by atoms with Crippen LogP contribution in [0.25, 0.3) is 0 Å². The number of nitrogens with one attached hydrogen (secondary N) is 1. The van der Waals surface area contributed by atoms with Crippen molar-refractivity contribution in [2.75, 3.05) is 11.9 Å². The van der Waals surface area contributed by atoms with Crippen LogP contribution in [0.15, 0.2) is 22.7 Å². The molecule has 0 saturated carbocycles. The van der Waals surface area contributed by atoms with Crippen LogP contribution in [0, 0.1) is 18.8 Å². The smallest absolute Gasteiger partial charge is 0.230 e. The molecule has 1 rings (SSSR count). The van der Waals surface area contributed by atoms with E-state index in [0.29, 0.717) is 0 Å². The largest absolute Gasteiger partial charge is 0.396 e. The third-order valence-corrected chi connectivity index (χ3v) is 3.28. The molecule has 0 radical (unpaired) electrons. The van der Waals surface area contributed by atoms with Crippen molar-refractivity contribution in [2.24, 2.45) is 11.8 Å². The molecule has 0 fully saturated rings. The summed E-state index contributed by atoms with van der Waals surface area (Å²) in [6.45, 7) is 5.66. The van der Waals surface area contributed by atoms with Crippen molar-refractivity contribution >= 4 is 27.5 Å². The highest BCUT2D eigenvalue weighted by molar-refractivity contribution is 9.10. The van der Waals surface area contributed by atoms with E-state index >= 15 is 0 Å². The molecular formula is C13H18BrNO2. The molecule has 4 heteroatoms. The molecular weight excluding hydrogens is 282 g/mol. The summed E-state index contributed by atoms with van der Waals surface area (Å²) in [4.78, 5) is 11.9. The van der Waals surface area contributed by atoms with Crippen LogP contribution in [-0.4, -0.2) is 17.6 Å². The first-order valence-electron chi connectivity index (χ1n) is 5.63. The molecule has 0 aromatic heterocycles. The zero-order valence-corrected chi connectivity index (χ0v) is 11.9. The Morgan fingerprint density at radius 2 is 2.12 bits per heavy atom. The number of aryl methyl sites for hydroxylation is 1. The van der Waals surface area contributed by atoms with Crippen molar-refractivity contribution < 1.29 is 9.90 Å². The van der Waals surface area contributed by atoms with Crippen molar-refractivity contribution in [2.45, 2.75) is 20.8 Å². The van der Waals surface area contributed by atoms with Crippen molar-refractivity contribution in [3.05, 3.63) is 28.2 Å². The molecule has 0 aliphatic carbocycles. The van der Waals surface area contributed by atoms with Gasteiger partial charge in [-0.2, -0.15) is 0 Å². The molecule has 0 heterocycles.